The van der Waals surface area contributed by atoms with Crippen molar-refractivity contribution < 1.29 is 4.42 Å². The summed E-state index contributed by atoms with van der Waals surface area (Å²) in [4.78, 5) is 4.72. The molecule has 3 heteroatoms. The van der Waals surface area contributed by atoms with E-state index in [1.54, 1.807) is 0 Å². The quantitative estimate of drug-likeness (QED) is 0.101. The first-order valence-electron chi connectivity index (χ1n) is 25.5. The van der Waals surface area contributed by atoms with Crippen molar-refractivity contribution >= 4 is 56.1 Å². The molecule has 1 unspecified atom stereocenters. The van der Waals surface area contributed by atoms with E-state index in [2.05, 4.69) is 269 Å². The molecule has 0 radical (unpaired) electrons. The van der Waals surface area contributed by atoms with Crippen molar-refractivity contribution in [2.45, 2.75) is 52.9 Å². The zero-order valence-corrected chi connectivity index (χ0v) is 42.4. The van der Waals surface area contributed by atoms with Gasteiger partial charge in [0.25, 0.3) is 0 Å². The Morgan fingerprint density at radius 3 is 1.34 bits per heavy atom. The summed E-state index contributed by atoms with van der Waals surface area (Å²) in [6.07, 6.45) is 4.07. The summed E-state index contributed by atoms with van der Waals surface area (Å²) < 4.78 is 6.36. The number of nitrogens with zero attached hydrogens (tertiary/aromatic N) is 2. The standard InChI is InChI=1S/C70H60N2O/c1-7-44-70(6,8-2)59-32-24-52(25-33-59)54-28-38-62(39-29-54)71(61-36-26-53(27-37-61)51-14-10-9-11-15-51)66-42-30-57(45-49(66)4)55-20-22-56(23-21-55)58-31-43-67(50(5)46-58)72(60-34-18-48(3)19-35-60)63-40-41-65-64-16-12-13-17-68(64)73-69(65)47-63/h7,9-43,45-47H,1,8,44H2,2-6H3. The number of benzene rings is 10. The van der Waals surface area contributed by atoms with Crippen LogP contribution in [0.2, 0.25) is 0 Å². The molecule has 0 spiro atoms. The van der Waals surface area contributed by atoms with Gasteiger partial charge < -0.3 is 14.2 Å². The number of para-hydroxylation sites is 1. The van der Waals surface area contributed by atoms with E-state index in [-0.39, 0.29) is 5.41 Å². The van der Waals surface area contributed by atoms with Crippen molar-refractivity contribution in [1.29, 1.82) is 0 Å². The van der Waals surface area contributed by atoms with Gasteiger partial charge in [0.05, 0.1) is 0 Å². The lowest BCUT2D eigenvalue weighted by atomic mass is 9.77. The number of fused-ring (bicyclic) bond motifs is 3. The molecular formula is C70H60N2O. The molecule has 3 nitrogen and oxygen atoms in total. The van der Waals surface area contributed by atoms with Crippen LogP contribution in [0.4, 0.5) is 34.1 Å². The van der Waals surface area contributed by atoms with Crippen molar-refractivity contribution in [1.82, 2.24) is 0 Å². The second-order valence-corrected chi connectivity index (χ2v) is 19.8. The third kappa shape index (κ3) is 9.27. The molecule has 11 aromatic rings. The lowest BCUT2D eigenvalue weighted by Gasteiger charge is -2.28. The van der Waals surface area contributed by atoms with Gasteiger partial charge in [-0.1, -0.05) is 171 Å². The van der Waals surface area contributed by atoms with Gasteiger partial charge in [0, 0.05) is 51.0 Å². The Kier molecular flexibility index (Phi) is 12.7. The summed E-state index contributed by atoms with van der Waals surface area (Å²) in [6.45, 7) is 15.2. The maximum absolute atomic E-state index is 6.36. The second-order valence-electron chi connectivity index (χ2n) is 19.8. The molecule has 73 heavy (non-hydrogen) atoms. The average Bonchev–Trinajstić information content (AvgIpc) is 3.81. The topological polar surface area (TPSA) is 19.6 Å². The number of anilines is 6. The van der Waals surface area contributed by atoms with E-state index >= 15 is 0 Å². The molecule has 0 fully saturated rings. The maximum atomic E-state index is 6.36. The molecule has 0 bridgehead atoms. The molecule has 0 saturated heterocycles. The Hall–Kier alpha value is -8.66. The fourth-order valence-corrected chi connectivity index (χ4v) is 10.5. The average molecular weight is 945 g/mol. The number of furan rings is 1. The number of rotatable bonds is 14. The van der Waals surface area contributed by atoms with Gasteiger partial charge >= 0.3 is 0 Å². The van der Waals surface area contributed by atoms with Gasteiger partial charge in [-0.25, -0.2) is 0 Å². The van der Waals surface area contributed by atoms with Crippen LogP contribution < -0.4 is 9.80 Å². The minimum Gasteiger partial charge on any atom is -0.456 e. The van der Waals surface area contributed by atoms with Crippen LogP contribution in [0.5, 0.6) is 0 Å². The molecule has 1 heterocycles. The number of hydrogen-bond donors (Lipinski definition) is 0. The highest BCUT2D eigenvalue weighted by Crippen LogP contribution is 2.43. The van der Waals surface area contributed by atoms with E-state index in [1.807, 2.05) is 18.2 Å². The molecule has 0 aliphatic carbocycles. The normalized spacial score (nSPS) is 12.2. The highest BCUT2D eigenvalue weighted by molar-refractivity contribution is 6.06. The molecule has 0 N–H and O–H groups in total. The second kappa shape index (κ2) is 19.9. The van der Waals surface area contributed by atoms with Crippen LogP contribution in [0.3, 0.4) is 0 Å². The first kappa shape index (κ1) is 46.7. The van der Waals surface area contributed by atoms with Gasteiger partial charge in [-0.05, 0) is 179 Å². The van der Waals surface area contributed by atoms with Gasteiger partial charge in [-0.3, -0.25) is 0 Å². The lowest BCUT2D eigenvalue weighted by Crippen LogP contribution is -2.19. The van der Waals surface area contributed by atoms with Crippen LogP contribution in [0.25, 0.3) is 66.4 Å². The molecule has 356 valence electrons. The van der Waals surface area contributed by atoms with E-state index in [9.17, 15) is 0 Å². The molecular weight excluding hydrogens is 885 g/mol. The van der Waals surface area contributed by atoms with E-state index in [0.717, 1.165) is 68.9 Å². The maximum Gasteiger partial charge on any atom is 0.137 e. The molecule has 0 saturated carbocycles. The van der Waals surface area contributed by atoms with Crippen LogP contribution in [-0.2, 0) is 5.41 Å². The van der Waals surface area contributed by atoms with Crippen LogP contribution >= 0.6 is 0 Å². The summed E-state index contributed by atoms with van der Waals surface area (Å²) in [6, 6.07) is 83.9. The van der Waals surface area contributed by atoms with Gasteiger partial charge in [0.2, 0.25) is 0 Å². The number of allylic oxidation sites excluding steroid dienone is 1. The molecule has 1 aromatic heterocycles. The van der Waals surface area contributed by atoms with Crippen LogP contribution in [0, 0.1) is 20.8 Å². The van der Waals surface area contributed by atoms with Gasteiger partial charge in [0.1, 0.15) is 11.2 Å². The van der Waals surface area contributed by atoms with Crippen molar-refractivity contribution in [3.05, 3.63) is 265 Å². The van der Waals surface area contributed by atoms with E-state index in [0.29, 0.717) is 0 Å². The number of hydrogen-bond acceptors (Lipinski definition) is 3. The summed E-state index contributed by atoms with van der Waals surface area (Å²) in [5.41, 5.74) is 23.0. The van der Waals surface area contributed by atoms with Gasteiger partial charge in [-0.15, -0.1) is 6.58 Å². The summed E-state index contributed by atoms with van der Waals surface area (Å²) in [7, 11) is 0. The predicted octanol–water partition coefficient (Wildman–Crippen LogP) is 20.4. The summed E-state index contributed by atoms with van der Waals surface area (Å²) in [5.74, 6) is 0. The number of aryl methyl sites for hydroxylation is 3. The minimum atomic E-state index is 0.0894. The van der Waals surface area contributed by atoms with Gasteiger partial charge in [0.15, 0.2) is 0 Å². The Morgan fingerprint density at radius 1 is 0.411 bits per heavy atom. The molecule has 0 aliphatic heterocycles. The smallest absolute Gasteiger partial charge is 0.137 e. The van der Waals surface area contributed by atoms with Crippen molar-refractivity contribution in [2.75, 3.05) is 9.80 Å². The third-order valence-electron chi connectivity index (χ3n) is 15.0. The fraction of sp³-hybridized carbons (Fsp3) is 0.114. The first-order valence-corrected chi connectivity index (χ1v) is 25.5. The Labute approximate surface area is 431 Å². The molecule has 0 amide bonds. The monoisotopic (exact) mass is 944 g/mol. The van der Waals surface area contributed by atoms with Crippen molar-refractivity contribution in [2.24, 2.45) is 0 Å². The summed E-state index contributed by atoms with van der Waals surface area (Å²) >= 11 is 0. The van der Waals surface area contributed by atoms with E-state index < -0.39 is 0 Å². The largest absolute Gasteiger partial charge is 0.456 e. The first-order chi connectivity index (χ1) is 35.7. The fourth-order valence-electron chi connectivity index (χ4n) is 10.5. The molecule has 11 rings (SSSR count). The van der Waals surface area contributed by atoms with E-state index in [4.69, 9.17) is 4.42 Å². The zero-order valence-electron chi connectivity index (χ0n) is 42.4. The minimum absolute atomic E-state index is 0.0894. The molecule has 1 atom stereocenters. The Balaban J connectivity index is 0.878. The Bertz CT molecular complexity index is 3720. The highest BCUT2D eigenvalue weighted by atomic mass is 16.3. The third-order valence-corrected chi connectivity index (χ3v) is 15.0. The lowest BCUT2D eigenvalue weighted by molar-refractivity contribution is 0.461. The van der Waals surface area contributed by atoms with Crippen LogP contribution in [-0.4, -0.2) is 0 Å². The van der Waals surface area contributed by atoms with Crippen LogP contribution in [0.15, 0.2) is 248 Å². The molecule has 0 aliphatic rings. The highest BCUT2D eigenvalue weighted by Gasteiger charge is 2.23. The van der Waals surface area contributed by atoms with Crippen molar-refractivity contribution in [3.8, 4) is 44.5 Å². The SMILES string of the molecule is C=CCC(C)(CC)c1ccc(-c2ccc(N(c3ccc(-c4ccccc4)cc3)c3ccc(-c4ccc(-c5ccc(N(c6ccc(C)cc6)c6ccc7c(c6)oc6ccccc67)c(C)c5)cc4)cc3C)cc2)cc1. The molecule has 10 aromatic carbocycles. The Morgan fingerprint density at radius 2 is 0.822 bits per heavy atom. The predicted molar refractivity (Wildman–Crippen MR) is 311 cm³/mol. The summed E-state index contributed by atoms with van der Waals surface area (Å²) in [5, 5.41) is 2.25. The van der Waals surface area contributed by atoms with Crippen molar-refractivity contribution in [3.63, 3.8) is 0 Å². The van der Waals surface area contributed by atoms with Gasteiger partial charge in [-0.2, -0.15) is 0 Å². The van der Waals surface area contributed by atoms with Crippen LogP contribution in [0.1, 0.15) is 48.9 Å². The van der Waals surface area contributed by atoms with E-state index in [1.165, 1.54) is 66.8 Å². The zero-order chi connectivity index (χ0) is 50.1.